The number of rotatable bonds is 8. The average Bonchev–Trinajstić information content (AvgIpc) is 2.99. The molecule has 4 heteroatoms. The lowest BCUT2D eigenvalue weighted by Gasteiger charge is -2.17. The van der Waals surface area contributed by atoms with E-state index in [-0.39, 0.29) is 0 Å². The first-order chi connectivity index (χ1) is 9.83. The molecule has 0 amide bonds. The highest BCUT2D eigenvalue weighted by molar-refractivity contribution is 5.40. The number of likely N-dealkylation sites (tertiary alicyclic amines) is 1. The Morgan fingerprint density at radius 1 is 1.25 bits per heavy atom. The SMILES string of the molecule is CCNCc1ccc(OC)cc1OCCN1CCCC1. The molecule has 1 fully saturated rings. The summed E-state index contributed by atoms with van der Waals surface area (Å²) in [5.41, 5.74) is 1.19. The fraction of sp³-hybridized carbons (Fsp3) is 0.625. The second-order valence-electron chi connectivity index (χ2n) is 5.15. The molecule has 0 saturated carbocycles. The van der Waals surface area contributed by atoms with Gasteiger partial charge in [-0.25, -0.2) is 0 Å². The van der Waals surface area contributed by atoms with Crippen molar-refractivity contribution in [2.45, 2.75) is 26.3 Å². The normalized spacial score (nSPS) is 15.5. The summed E-state index contributed by atoms with van der Waals surface area (Å²) in [7, 11) is 1.69. The van der Waals surface area contributed by atoms with Gasteiger partial charge in [0.1, 0.15) is 18.1 Å². The summed E-state index contributed by atoms with van der Waals surface area (Å²) in [5, 5.41) is 3.34. The quantitative estimate of drug-likeness (QED) is 0.791. The van der Waals surface area contributed by atoms with Crippen LogP contribution in [0.4, 0.5) is 0 Å². The predicted molar refractivity (Wildman–Crippen MR) is 81.5 cm³/mol. The van der Waals surface area contributed by atoms with E-state index in [0.29, 0.717) is 0 Å². The van der Waals surface area contributed by atoms with Gasteiger partial charge >= 0.3 is 0 Å². The monoisotopic (exact) mass is 278 g/mol. The van der Waals surface area contributed by atoms with E-state index in [1.54, 1.807) is 7.11 Å². The smallest absolute Gasteiger partial charge is 0.127 e. The zero-order valence-electron chi connectivity index (χ0n) is 12.7. The lowest BCUT2D eigenvalue weighted by molar-refractivity contribution is 0.235. The van der Waals surface area contributed by atoms with Crippen LogP contribution < -0.4 is 14.8 Å². The predicted octanol–water partition coefficient (Wildman–Crippen LogP) is 2.28. The number of methoxy groups -OCH3 is 1. The summed E-state index contributed by atoms with van der Waals surface area (Å²) in [6.07, 6.45) is 2.65. The summed E-state index contributed by atoms with van der Waals surface area (Å²) in [5.74, 6) is 1.78. The van der Waals surface area contributed by atoms with Crippen molar-refractivity contribution in [1.29, 1.82) is 0 Å². The molecule has 1 N–H and O–H groups in total. The molecule has 20 heavy (non-hydrogen) atoms. The summed E-state index contributed by atoms with van der Waals surface area (Å²) in [6.45, 7) is 8.08. The highest BCUT2D eigenvalue weighted by Crippen LogP contribution is 2.25. The van der Waals surface area contributed by atoms with E-state index >= 15 is 0 Å². The van der Waals surface area contributed by atoms with E-state index < -0.39 is 0 Å². The third kappa shape index (κ3) is 4.39. The van der Waals surface area contributed by atoms with Gasteiger partial charge in [0.15, 0.2) is 0 Å². The Morgan fingerprint density at radius 3 is 2.75 bits per heavy atom. The standard InChI is InChI=1S/C16H26N2O2/c1-3-17-13-14-6-7-15(19-2)12-16(14)20-11-10-18-8-4-5-9-18/h6-7,12,17H,3-5,8-11,13H2,1-2H3. The van der Waals surface area contributed by atoms with E-state index in [0.717, 1.165) is 37.7 Å². The molecule has 0 unspecified atom stereocenters. The van der Waals surface area contributed by atoms with Crippen molar-refractivity contribution in [1.82, 2.24) is 10.2 Å². The van der Waals surface area contributed by atoms with E-state index in [1.165, 1.54) is 31.5 Å². The lowest BCUT2D eigenvalue weighted by atomic mass is 10.2. The number of ether oxygens (including phenoxy) is 2. The van der Waals surface area contributed by atoms with Crippen molar-refractivity contribution < 1.29 is 9.47 Å². The zero-order chi connectivity index (χ0) is 14.2. The topological polar surface area (TPSA) is 33.7 Å². The van der Waals surface area contributed by atoms with Crippen LogP contribution in [0.2, 0.25) is 0 Å². The molecule has 0 aliphatic carbocycles. The first-order valence-electron chi connectivity index (χ1n) is 7.56. The minimum absolute atomic E-state index is 0.742. The second-order valence-corrected chi connectivity index (χ2v) is 5.15. The van der Waals surface area contributed by atoms with Crippen LogP contribution >= 0.6 is 0 Å². The van der Waals surface area contributed by atoms with Crippen LogP contribution in [-0.2, 0) is 6.54 Å². The molecule has 1 aliphatic heterocycles. The van der Waals surface area contributed by atoms with Crippen LogP contribution in [0, 0.1) is 0 Å². The van der Waals surface area contributed by atoms with Gasteiger partial charge < -0.3 is 14.8 Å². The Labute approximate surface area is 122 Å². The van der Waals surface area contributed by atoms with Gasteiger partial charge in [0.25, 0.3) is 0 Å². The van der Waals surface area contributed by atoms with Gasteiger partial charge in [0.2, 0.25) is 0 Å². The largest absolute Gasteiger partial charge is 0.497 e. The number of hydrogen-bond acceptors (Lipinski definition) is 4. The third-order valence-electron chi connectivity index (χ3n) is 3.70. The van der Waals surface area contributed by atoms with Gasteiger partial charge in [-0.2, -0.15) is 0 Å². The molecule has 1 aromatic rings. The Morgan fingerprint density at radius 2 is 2.05 bits per heavy atom. The molecule has 0 spiro atoms. The molecule has 4 nitrogen and oxygen atoms in total. The van der Waals surface area contributed by atoms with Crippen LogP contribution in [0.3, 0.4) is 0 Å². The van der Waals surface area contributed by atoms with Crippen molar-refractivity contribution in [3.05, 3.63) is 23.8 Å². The van der Waals surface area contributed by atoms with Gasteiger partial charge in [-0.1, -0.05) is 13.0 Å². The van der Waals surface area contributed by atoms with Crippen LogP contribution in [0.15, 0.2) is 18.2 Å². The molecular weight excluding hydrogens is 252 g/mol. The van der Waals surface area contributed by atoms with E-state index in [9.17, 15) is 0 Å². The maximum atomic E-state index is 5.98. The Bertz CT molecular complexity index is 403. The highest BCUT2D eigenvalue weighted by atomic mass is 16.5. The van der Waals surface area contributed by atoms with Gasteiger partial charge in [0.05, 0.1) is 7.11 Å². The lowest BCUT2D eigenvalue weighted by Crippen LogP contribution is -2.25. The third-order valence-corrected chi connectivity index (χ3v) is 3.70. The van der Waals surface area contributed by atoms with Gasteiger partial charge in [-0.05, 0) is 38.5 Å². The molecule has 0 bridgehead atoms. The van der Waals surface area contributed by atoms with Crippen LogP contribution in [-0.4, -0.2) is 44.8 Å². The summed E-state index contributed by atoms with van der Waals surface area (Å²) in [6, 6.07) is 6.04. The minimum atomic E-state index is 0.742. The summed E-state index contributed by atoms with van der Waals surface area (Å²) in [4.78, 5) is 2.46. The molecule has 112 valence electrons. The molecule has 1 heterocycles. The second kappa shape index (κ2) is 8.12. The van der Waals surface area contributed by atoms with Gasteiger partial charge in [-0.3, -0.25) is 4.90 Å². The number of benzene rings is 1. The van der Waals surface area contributed by atoms with Crippen LogP contribution in [0.5, 0.6) is 11.5 Å². The zero-order valence-corrected chi connectivity index (χ0v) is 12.7. The fourth-order valence-electron chi connectivity index (χ4n) is 2.49. The van der Waals surface area contributed by atoms with Gasteiger partial charge in [0, 0.05) is 24.7 Å². The number of nitrogens with one attached hydrogen (secondary N) is 1. The van der Waals surface area contributed by atoms with Gasteiger partial charge in [-0.15, -0.1) is 0 Å². The molecule has 1 aromatic carbocycles. The molecule has 2 rings (SSSR count). The van der Waals surface area contributed by atoms with Crippen LogP contribution in [0.25, 0.3) is 0 Å². The number of hydrogen-bond donors (Lipinski definition) is 1. The molecular formula is C16H26N2O2. The van der Waals surface area contributed by atoms with Crippen molar-refractivity contribution in [3.63, 3.8) is 0 Å². The Balaban J connectivity index is 1.91. The fourth-order valence-corrected chi connectivity index (χ4v) is 2.49. The van der Waals surface area contributed by atoms with Crippen molar-refractivity contribution in [3.8, 4) is 11.5 Å². The highest BCUT2D eigenvalue weighted by Gasteiger charge is 2.12. The molecule has 0 radical (unpaired) electrons. The maximum Gasteiger partial charge on any atom is 0.127 e. The van der Waals surface area contributed by atoms with Crippen molar-refractivity contribution in [2.75, 3.05) is 39.9 Å². The molecule has 0 atom stereocenters. The molecule has 1 saturated heterocycles. The first-order valence-corrected chi connectivity index (χ1v) is 7.56. The average molecular weight is 278 g/mol. The maximum absolute atomic E-state index is 5.98. The minimum Gasteiger partial charge on any atom is -0.497 e. The van der Waals surface area contributed by atoms with E-state index in [1.807, 2.05) is 12.1 Å². The summed E-state index contributed by atoms with van der Waals surface area (Å²) < 4.78 is 11.3. The molecule has 0 aromatic heterocycles. The van der Waals surface area contributed by atoms with Crippen LogP contribution in [0.1, 0.15) is 25.3 Å². The number of nitrogens with zero attached hydrogens (tertiary/aromatic N) is 1. The van der Waals surface area contributed by atoms with E-state index in [2.05, 4.69) is 23.2 Å². The Hall–Kier alpha value is -1.26. The van der Waals surface area contributed by atoms with E-state index in [4.69, 9.17) is 9.47 Å². The van der Waals surface area contributed by atoms with Crippen molar-refractivity contribution in [2.24, 2.45) is 0 Å². The Kier molecular flexibility index (Phi) is 6.15. The first kappa shape index (κ1) is 15.1. The summed E-state index contributed by atoms with van der Waals surface area (Å²) >= 11 is 0. The molecule has 1 aliphatic rings. The van der Waals surface area contributed by atoms with Crippen molar-refractivity contribution >= 4 is 0 Å².